The van der Waals surface area contributed by atoms with Crippen molar-refractivity contribution >= 4 is 0 Å². The van der Waals surface area contributed by atoms with Gasteiger partial charge >= 0.3 is 0 Å². The Hall–Kier alpha value is -0.820. The Morgan fingerprint density at radius 1 is 1.00 bits per heavy atom. The third-order valence-electron chi connectivity index (χ3n) is 2.18. The standard InChI is InChI=1S/C13H20O.C2H6/c1-11(2)9-12(3)14-10-13-7-5-4-6-8-13;1-2/h4-8,11-12H,9-10H2,1-3H3;1-2H3. The Morgan fingerprint density at radius 3 is 2.06 bits per heavy atom. The number of hydrogen-bond acceptors (Lipinski definition) is 1. The summed E-state index contributed by atoms with van der Waals surface area (Å²) in [5, 5.41) is 0. The molecule has 1 aromatic carbocycles. The molecule has 0 aliphatic carbocycles. The van der Waals surface area contributed by atoms with E-state index in [4.69, 9.17) is 4.74 Å². The van der Waals surface area contributed by atoms with Crippen molar-refractivity contribution in [2.45, 2.75) is 53.8 Å². The van der Waals surface area contributed by atoms with Crippen molar-refractivity contribution in [1.82, 2.24) is 0 Å². The number of ether oxygens (including phenoxy) is 1. The zero-order valence-electron chi connectivity index (χ0n) is 11.4. The zero-order chi connectivity index (χ0) is 12.4. The summed E-state index contributed by atoms with van der Waals surface area (Å²) >= 11 is 0. The highest BCUT2D eigenvalue weighted by molar-refractivity contribution is 5.13. The maximum atomic E-state index is 5.74. The minimum Gasteiger partial charge on any atom is -0.374 e. The molecular weight excluding hydrogens is 196 g/mol. The summed E-state index contributed by atoms with van der Waals surface area (Å²) in [5.41, 5.74) is 1.25. The van der Waals surface area contributed by atoms with Gasteiger partial charge in [0.2, 0.25) is 0 Å². The first-order chi connectivity index (χ1) is 7.68. The molecule has 0 saturated heterocycles. The van der Waals surface area contributed by atoms with Crippen LogP contribution in [0.1, 0.15) is 46.6 Å². The van der Waals surface area contributed by atoms with Crippen LogP contribution in [0.4, 0.5) is 0 Å². The fourth-order valence-electron chi connectivity index (χ4n) is 1.54. The van der Waals surface area contributed by atoms with E-state index in [-0.39, 0.29) is 0 Å². The minimum absolute atomic E-state index is 0.357. The molecule has 1 unspecified atom stereocenters. The van der Waals surface area contributed by atoms with Crippen LogP contribution in [0.2, 0.25) is 0 Å². The molecule has 0 spiro atoms. The molecule has 0 aromatic heterocycles. The SMILES string of the molecule is CC.CC(C)CC(C)OCc1ccccc1. The minimum atomic E-state index is 0.357. The largest absolute Gasteiger partial charge is 0.374 e. The van der Waals surface area contributed by atoms with Gasteiger partial charge in [0.15, 0.2) is 0 Å². The summed E-state index contributed by atoms with van der Waals surface area (Å²) < 4.78 is 5.74. The average Bonchev–Trinajstić information content (AvgIpc) is 2.30. The van der Waals surface area contributed by atoms with Crippen LogP contribution in [0.3, 0.4) is 0 Å². The van der Waals surface area contributed by atoms with Crippen molar-refractivity contribution in [2.75, 3.05) is 0 Å². The highest BCUT2D eigenvalue weighted by Crippen LogP contribution is 2.10. The Morgan fingerprint density at radius 2 is 1.56 bits per heavy atom. The Balaban J connectivity index is 0.00000106. The molecule has 0 fully saturated rings. The maximum Gasteiger partial charge on any atom is 0.0720 e. The molecule has 0 heterocycles. The van der Waals surface area contributed by atoms with Crippen LogP contribution in [-0.4, -0.2) is 6.10 Å². The smallest absolute Gasteiger partial charge is 0.0720 e. The van der Waals surface area contributed by atoms with Crippen LogP contribution in [-0.2, 0) is 11.3 Å². The molecule has 0 radical (unpaired) electrons. The van der Waals surface area contributed by atoms with Crippen LogP contribution < -0.4 is 0 Å². The van der Waals surface area contributed by atoms with Crippen molar-refractivity contribution in [1.29, 1.82) is 0 Å². The van der Waals surface area contributed by atoms with E-state index in [1.165, 1.54) is 5.56 Å². The fourth-order valence-corrected chi connectivity index (χ4v) is 1.54. The molecule has 1 rings (SSSR count). The molecule has 1 aromatic rings. The highest BCUT2D eigenvalue weighted by atomic mass is 16.5. The Kier molecular flexibility index (Phi) is 8.93. The van der Waals surface area contributed by atoms with E-state index in [9.17, 15) is 0 Å². The second-order valence-corrected chi connectivity index (χ2v) is 4.24. The zero-order valence-corrected chi connectivity index (χ0v) is 11.4. The van der Waals surface area contributed by atoms with E-state index in [2.05, 4.69) is 32.9 Å². The van der Waals surface area contributed by atoms with E-state index < -0.39 is 0 Å². The summed E-state index contributed by atoms with van der Waals surface area (Å²) in [6, 6.07) is 10.3. The van der Waals surface area contributed by atoms with E-state index in [0.717, 1.165) is 13.0 Å². The predicted octanol–water partition coefficient (Wildman–Crippen LogP) is 4.66. The van der Waals surface area contributed by atoms with Gasteiger partial charge in [0.05, 0.1) is 12.7 Å². The van der Waals surface area contributed by atoms with Crippen LogP contribution in [0.15, 0.2) is 30.3 Å². The molecule has 0 aliphatic rings. The van der Waals surface area contributed by atoms with Gasteiger partial charge in [-0.1, -0.05) is 58.0 Å². The molecule has 0 aliphatic heterocycles. The first-order valence-corrected chi connectivity index (χ1v) is 6.34. The topological polar surface area (TPSA) is 9.23 Å². The molecule has 1 atom stereocenters. The first kappa shape index (κ1) is 15.2. The van der Waals surface area contributed by atoms with Gasteiger partial charge in [-0.25, -0.2) is 0 Å². The number of rotatable bonds is 5. The van der Waals surface area contributed by atoms with Gasteiger partial charge in [-0.15, -0.1) is 0 Å². The van der Waals surface area contributed by atoms with Crippen LogP contribution in [0, 0.1) is 5.92 Å². The fraction of sp³-hybridized carbons (Fsp3) is 0.600. The van der Waals surface area contributed by atoms with E-state index in [0.29, 0.717) is 12.0 Å². The van der Waals surface area contributed by atoms with Crippen molar-refractivity contribution in [3.63, 3.8) is 0 Å². The van der Waals surface area contributed by atoms with E-state index in [1.54, 1.807) is 0 Å². The molecule has 92 valence electrons. The molecule has 0 amide bonds. The normalized spacial score (nSPS) is 11.9. The van der Waals surface area contributed by atoms with Crippen molar-refractivity contribution in [3.05, 3.63) is 35.9 Å². The van der Waals surface area contributed by atoms with Gasteiger partial charge in [0.1, 0.15) is 0 Å². The quantitative estimate of drug-likeness (QED) is 0.704. The average molecular weight is 222 g/mol. The third-order valence-corrected chi connectivity index (χ3v) is 2.18. The lowest BCUT2D eigenvalue weighted by atomic mass is 10.1. The molecular formula is C15H26O. The maximum absolute atomic E-state index is 5.74. The monoisotopic (exact) mass is 222 g/mol. The van der Waals surface area contributed by atoms with Gasteiger partial charge in [-0.2, -0.15) is 0 Å². The van der Waals surface area contributed by atoms with Crippen molar-refractivity contribution < 1.29 is 4.74 Å². The van der Waals surface area contributed by atoms with Crippen molar-refractivity contribution in [2.24, 2.45) is 5.92 Å². The second-order valence-electron chi connectivity index (χ2n) is 4.24. The summed E-state index contributed by atoms with van der Waals surface area (Å²) in [6.45, 7) is 11.3. The lowest BCUT2D eigenvalue weighted by Crippen LogP contribution is -2.10. The summed E-state index contributed by atoms with van der Waals surface area (Å²) in [7, 11) is 0. The first-order valence-electron chi connectivity index (χ1n) is 6.34. The molecule has 0 saturated carbocycles. The summed E-state index contributed by atoms with van der Waals surface area (Å²) in [6.07, 6.45) is 1.49. The summed E-state index contributed by atoms with van der Waals surface area (Å²) in [5.74, 6) is 0.709. The predicted molar refractivity (Wildman–Crippen MR) is 71.5 cm³/mol. The highest BCUT2D eigenvalue weighted by Gasteiger charge is 2.04. The lowest BCUT2D eigenvalue weighted by molar-refractivity contribution is 0.0397. The van der Waals surface area contributed by atoms with E-state index >= 15 is 0 Å². The molecule has 1 nitrogen and oxygen atoms in total. The van der Waals surface area contributed by atoms with Crippen LogP contribution in [0.5, 0.6) is 0 Å². The van der Waals surface area contributed by atoms with Gasteiger partial charge < -0.3 is 4.74 Å². The number of hydrogen-bond donors (Lipinski definition) is 0. The second kappa shape index (κ2) is 9.41. The molecule has 16 heavy (non-hydrogen) atoms. The van der Waals surface area contributed by atoms with Crippen LogP contribution >= 0.6 is 0 Å². The van der Waals surface area contributed by atoms with Gasteiger partial charge in [0.25, 0.3) is 0 Å². The third kappa shape index (κ3) is 7.47. The van der Waals surface area contributed by atoms with Gasteiger partial charge in [-0.3, -0.25) is 0 Å². The lowest BCUT2D eigenvalue weighted by Gasteiger charge is -2.14. The molecule has 0 bridgehead atoms. The van der Waals surface area contributed by atoms with Crippen molar-refractivity contribution in [3.8, 4) is 0 Å². The van der Waals surface area contributed by atoms with E-state index in [1.807, 2.05) is 32.0 Å². The number of benzene rings is 1. The Bertz CT molecular complexity index is 241. The molecule has 0 N–H and O–H groups in total. The Labute approximate surface area is 101 Å². The molecule has 1 heteroatoms. The van der Waals surface area contributed by atoms with Gasteiger partial charge in [-0.05, 0) is 24.8 Å². The van der Waals surface area contributed by atoms with Gasteiger partial charge in [0, 0.05) is 0 Å². The van der Waals surface area contributed by atoms with Crippen LogP contribution in [0.25, 0.3) is 0 Å². The summed E-state index contributed by atoms with van der Waals surface area (Å²) in [4.78, 5) is 0.